The minimum atomic E-state index is -0.395. The second-order valence-electron chi connectivity index (χ2n) is 4.41. The first kappa shape index (κ1) is 11.5. The van der Waals surface area contributed by atoms with Crippen molar-refractivity contribution in [3.63, 3.8) is 0 Å². The normalized spacial score (nSPS) is 11.0. The Bertz CT molecular complexity index is 968. The molecule has 4 rings (SSSR count). The van der Waals surface area contributed by atoms with Gasteiger partial charge in [-0.3, -0.25) is 0 Å². The molecule has 21 heavy (non-hydrogen) atoms. The number of H-pyrrole nitrogens is 2. The van der Waals surface area contributed by atoms with Crippen LogP contribution in [0.25, 0.3) is 28.2 Å². The van der Waals surface area contributed by atoms with Crippen molar-refractivity contribution in [3.05, 3.63) is 53.1 Å². The molecule has 1 aromatic carbocycles. The van der Waals surface area contributed by atoms with Crippen molar-refractivity contribution < 1.29 is 0 Å². The summed E-state index contributed by atoms with van der Waals surface area (Å²) in [6, 6.07) is 11.5. The smallest absolute Gasteiger partial charge is 0.246 e. The van der Waals surface area contributed by atoms with Gasteiger partial charge in [0.05, 0.1) is 11.7 Å². The number of nitrogens with zero attached hydrogens (tertiary/aromatic N) is 5. The third kappa shape index (κ3) is 1.81. The minimum Gasteiger partial charge on any atom is -0.246 e. The number of fused-ring (bicyclic) bond motifs is 1. The maximum atomic E-state index is 11.9. The van der Waals surface area contributed by atoms with Crippen LogP contribution in [0.15, 0.2) is 47.4 Å². The van der Waals surface area contributed by atoms with Crippen molar-refractivity contribution in [2.24, 2.45) is 0 Å². The third-order valence-electron chi connectivity index (χ3n) is 3.13. The molecule has 0 aliphatic heterocycles. The Kier molecular flexibility index (Phi) is 2.40. The second-order valence-corrected chi connectivity index (χ2v) is 4.41. The summed E-state index contributed by atoms with van der Waals surface area (Å²) in [5, 5.41) is 17.5. The van der Waals surface area contributed by atoms with E-state index in [0.29, 0.717) is 17.3 Å². The topological polar surface area (TPSA) is 105 Å². The molecule has 0 unspecified atom stereocenters. The maximum Gasteiger partial charge on any atom is 0.349 e. The Morgan fingerprint density at radius 2 is 1.95 bits per heavy atom. The van der Waals surface area contributed by atoms with Crippen LogP contribution in [0.2, 0.25) is 0 Å². The van der Waals surface area contributed by atoms with Gasteiger partial charge in [0.1, 0.15) is 5.69 Å². The molecule has 0 aliphatic carbocycles. The van der Waals surface area contributed by atoms with Gasteiger partial charge in [-0.25, -0.2) is 19.4 Å². The molecule has 4 aromatic rings. The van der Waals surface area contributed by atoms with E-state index in [1.54, 1.807) is 0 Å². The molecule has 0 radical (unpaired) electrons. The van der Waals surface area contributed by atoms with Crippen molar-refractivity contribution in [3.8, 4) is 17.3 Å². The molecule has 0 spiro atoms. The molecule has 102 valence electrons. The molecule has 8 nitrogen and oxygen atoms in total. The number of para-hydroxylation sites is 1. The number of nitrogens with one attached hydrogen (secondary N) is 2. The van der Waals surface area contributed by atoms with Crippen molar-refractivity contribution in [1.82, 2.24) is 35.2 Å². The molecule has 0 amide bonds. The Balaban J connectivity index is 1.95. The highest BCUT2D eigenvalue weighted by Gasteiger charge is 2.15. The van der Waals surface area contributed by atoms with E-state index in [0.717, 1.165) is 10.9 Å². The van der Waals surface area contributed by atoms with E-state index in [-0.39, 0.29) is 0 Å². The fourth-order valence-corrected chi connectivity index (χ4v) is 2.18. The van der Waals surface area contributed by atoms with E-state index in [1.807, 2.05) is 36.4 Å². The monoisotopic (exact) mass is 279 g/mol. The van der Waals surface area contributed by atoms with Crippen LogP contribution >= 0.6 is 0 Å². The van der Waals surface area contributed by atoms with Crippen molar-refractivity contribution >= 4 is 10.9 Å². The van der Waals surface area contributed by atoms with Gasteiger partial charge in [0, 0.05) is 5.39 Å². The average molecular weight is 279 g/mol. The predicted molar refractivity (Wildman–Crippen MR) is 74.9 cm³/mol. The van der Waals surface area contributed by atoms with Crippen LogP contribution in [0.1, 0.15) is 0 Å². The number of rotatable bonds is 2. The Labute approximate surface area is 117 Å². The van der Waals surface area contributed by atoms with Gasteiger partial charge in [0.15, 0.2) is 11.6 Å². The van der Waals surface area contributed by atoms with E-state index in [9.17, 15) is 4.79 Å². The fraction of sp³-hybridized carbons (Fsp3) is 0. The summed E-state index contributed by atoms with van der Waals surface area (Å²) in [5.74, 6) is 0.748. The lowest BCUT2D eigenvalue weighted by Gasteiger charge is -2.03. The summed E-state index contributed by atoms with van der Waals surface area (Å²) < 4.78 is 1.32. The van der Waals surface area contributed by atoms with Gasteiger partial charge in [0.2, 0.25) is 0 Å². The van der Waals surface area contributed by atoms with Gasteiger partial charge >= 0.3 is 5.69 Å². The maximum absolute atomic E-state index is 11.9. The SMILES string of the molecule is O=c1[nH]nc(-c2ccc3ccccc3n2)n1-c1cn[nH]n1. The number of hydrogen-bond donors (Lipinski definition) is 2. The molecule has 0 aliphatic rings. The molecule has 3 aromatic heterocycles. The Morgan fingerprint density at radius 3 is 2.81 bits per heavy atom. The second kappa shape index (κ2) is 4.37. The van der Waals surface area contributed by atoms with Gasteiger partial charge in [0.25, 0.3) is 0 Å². The van der Waals surface area contributed by atoms with E-state index < -0.39 is 5.69 Å². The lowest BCUT2D eigenvalue weighted by Crippen LogP contribution is -2.16. The van der Waals surface area contributed by atoms with Crippen molar-refractivity contribution in [1.29, 1.82) is 0 Å². The van der Waals surface area contributed by atoms with Gasteiger partial charge in [-0.05, 0) is 12.1 Å². The van der Waals surface area contributed by atoms with E-state index in [4.69, 9.17) is 0 Å². The first-order chi connectivity index (χ1) is 10.3. The van der Waals surface area contributed by atoms with Gasteiger partial charge < -0.3 is 0 Å². The van der Waals surface area contributed by atoms with Crippen LogP contribution in [-0.2, 0) is 0 Å². The number of benzene rings is 1. The molecule has 2 N–H and O–H groups in total. The summed E-state index contributed by atoms with van der Waals surface area (Å²) in [6.07, 6.45) is 1.45. The molecular weight excluding hydrogens is 270 g/mol. The highest BCUT2D eigenvalue weighted by Crippen LogP contribution is 2.19. The number of pyridine rings is 1. The van der Waals surface area contributed by atoms with Crippen molar-refractivity contribution in [2.75, 3.05) is 0 Å². The first-order valence-electron chi connectivity index (χ1n) is 6.23. The number of aromatic nitrogens is 7. The third-order valence-corrected chi connectivity index (χ3v) is 3.13. The van der Waals surface area contributed by atoms with Crippen molar-refractivity contribution in [2.45, 2.75) is 0 Å². The zero-order valence-corrected chi connectivity index (χ0v) is 10.7. The molecule has 0 saturated carbocycles. The Hall–Kier alpha value is -3.29. The zero-order chi connectivity index (χ0) is 14.2. The number of aromatic amines is 2. The largest absolute Gasteiger partial charge is 0.349 e. The molecule has 0 saturated heterocycles. The first-order valence-corrected chi connectivity index (χ1v) is 6.23. The van der Waals surface area contributed by atoms with Gasteiger partial charge in [-0.15, -0.1) is 5.10 Å². The zero-order valence-electron chi connectivity index (χ0n) is 10.7. The molecular formula is C13H9N7O. The standard InChI is InChI=1S/C13H9N7O/c21-13-18-17-12(20(13)11-7-14-19-16-11)10-6-5-8-3-1-2-4-9(8)15-10/h1-7H,(H,18,21)(H,14,16,19). The van der Waals surface area contributed by atoms with E-state index in [2.05, 4.69) is 30.6 Å². The summed E-state index contributed by atoms with van der Waals surface area (Å²) >= 11 is 0. The lowest BCUT2D eigenvalue weighted by atomic mass is 10.2. The molecule has 8 heteroatoms. The molecule has 3 heterocycles. The van der Waals surface area contributed by atoms with E-state index >= 15 is 0 Å². The molecule has 0 bridgehead atoms. The van der Waals surface area contributed by atoms with Crippen LogP contribution in [0, 0.1) is 0 Å². The summed E-state index contributed by atoms with van der Waals surface area (Å²) in [6.45, 7) is 0. The van der Waals surface area contributed by atoms with E-state index in [1.165, 1.54) is 10.8 Å². The highest BCUT2D eigenvalue weighted by molar-refractivity contribution is 5.80. The van der Waals surface area contributed by atoms with Gasteiger partial charge in [-0.1, -0.05) is 24.3 Å². The predicted octanol–water partition coefficient (Wildman–Crippen LogP) is 0.894. The van der Waals surface area contributed by atoms with Crippen LogP contribution in [0.4, 0.5) is 0 Å². The lowest BCUT2D eigenvalue weighted by molar-refractivity contribution is 0.890. The van der Waals surface area contributed by atoms with Crippen LogP contribution < -0.4 is 5.69 Å². The number of hydrogen-bond acceptors (Lipinski definition) is 5. The molecule has 0 fully saturated rings. The quantitative estimate of drug-likeness (QED) is 0.567. The Morgan fingerprint density at radius 1 is 1.05 bits per heavy atom. The average Bonchev–Trinajstić information content (AvgIpc) is 3.15. The molecule has 0 atom stereocenters. The fourth-order valence-electron chi connectivity index (χ4n) is 2.18. The summed E-state index contributed by atoms with van der Waals surface area (Å²) in [5.41, 5.74) is 1.01. The van der Waals surface area contributed by atoms with Crippen LogP contribution in [0.3, 0.4) is 0 Å². The summed E-state index contributed by atoms with van der Waals surface area (Å²) in [7, 11) is 0. The minimum absolute atomic E-state index is 0.360. The van der Waals surface area contributed by atoms with Gasteiger partial charge in [-0.2, -0.15) is 15.4 Å². The van der Waals surface area contributed by atoms with Crippen LogP contribution in [0.5, 0.6) is 0 Å². The van der Waals surface area contributed by atoms with Crippen LogP contribution in [-0.4, -0.2) is 35.2 Å². The highest BCUT2D eigenvalue weighted by atomic mass is 16.1. The summed E-state index contributed by atoms with van der Waals surface area (Å²) in [4.78, 5) is 16.4.